The lowest BCUT2D eigenvalue weighted by atomic mass is 10.2. The van der Waals surface area contributed by atoms with Crippen molar-refractivity contribution in [1.29, 1.82) is 0 Å². The first-order chi connectivity index (χ1) is 14.1. The molecule has 0 radical (unpaired) electrons. The fourth-order valence-corrected chi connectivity index (χ4v) is 2.40. The monoisotopic (exact) mass is 401 g/mol. The van der Waals surface area contributed by atoms with E-state index in [2.05, 4.69) is 10.5 Å². The summed E-state index contributed by atoms with van der Waals surface area (Å²) in [4.78, 5) is 10.6. The van der Waals surface area contributed by atoms with E-state index in [1.165, 1.54) is 6.21 Å². The van der Waals surface area contributed by atoms with Gasteiger partial charge in [0.25, 0.3) is 0 Å². The average Bonchev–Trinajstić information content (AvgIpc) is 2.70. The van der Waals surface area contributed by atoms with E-state index < -0.39 is 6.03 Å². The predicted molar refractivity (Wildman–Crippen MR) is 111 cm³/mol. The molecule has 2 amide bonds. The number of hydrazone groups is 1. The summed E-state index contributed by atoms with van der Waals surface area (Å²) in [6, 6.07) is 12.5. The summed E-state index contributed by atoms with van der Waals surface area (Å²) >= 11 is 0. The second-order valence-corrected chi connectivity index (χ2v) is 5.95. The molecule has 2 rings (SSSR count). The lowest BCUT2D eigenvalue weighted by Crippen LogP contribution is -2.24. The molecule has 0 unspecified atom stereocenters. The maximum absolute atomic E-state index is 10.6. The maximum atomic E-state index is 10.6. The van der Waals surface area contributed by atoms with E-state index in [4.69, 9.17) is 24.7 Å². The Bertz CT molecular complexity index is 811. The van der Waals surface area contributed by atoms with Crippen molar-refractivity contribution >= 4 is 12.2 Å². The Labute approximate surface area is 170 Å². The van der Waals surface area contributed by atoms with Crippen LogP contribution < -0.4 is 25.4 Å². The van der Waals surface area contributed by atoms with Crippen molar-refractivity contribution in [3.05, 3.63) is 53.6 Å². The summed E-state index contributed by atoms with van der Waals surface area (Å²) in [5.41, 5.74) is 8.94. The van der Waals surface area contributed by atoms with Gasteiger partial charge in [0.05, 0.1) is 26.0 Å². The number of carbonyl (C=O) groups excluding carboxylic acids is 1. The predicted octanol–water partition coefficient (Wildman–Crippen LogP) is 2.87. The van der Waals surface area contributed by atoms with E-state index in [1.54, 1.807) is 18.2 Å². The van der Waals surface area contributed by atoms with E-state index >= 15 is 0 Å². The standard InChI is InChI=1S/C21H27N3O5/c1-3-27-20-14-17(15-23-24-21(22)25)8-9-19(20)29-13-11-26-10-12-28-18-7-5-4-6-16(18)2/h4-9,14-15H,3,10-13H2,1-2H3,(H3,22,24,25). The third-order valence-corrected chi connectivity index (χ3v) is 3.72. The fourth-order valence-electron chi connectivity index (χ4n) is 2.40. The van der Waals surface area contributed by atoms with E-state index in [1.807, 2.05) is 38.1 Å². The molecule has 3 N–H and O–H groups in total. The first kappa shape index (κ1) is 22.0. The Morgan fingerprint density at radius 3 is 2.41 bits per heavy atom. The van der Waals surface area contributed by atoms with Crippen LogP contribution >= 0.6 is 0 Å². The molecular weight excluding hydrogens is 374 g/mol. The number of nitrogens with one attached hydrogen (secondary N) is 1. The Kier molecular flexibility index (Phi) is 9.31. The van der Waals surface area contributed by atoms with Gasteiger partial charge in [-0.05, 0) is 49.2 Å². The van der Waals surface area contributed by atoms with Gasteiger partial charge in [-0.15, -0.1) is 0 Å². The molecule has 0 aromatic heterocycles. The highest BCUT2D eigenvalue weighted by molar-refractivity contribution is 5.82. The summed E-state index contributed by atoms with van der Waals surface area (Å²) in [5.74, 6) is 2.05. The quantitative estimate of drug-likeness (QED) is 0.323. The van der Waals surface area contributed by atoms with Gasteiger partial charge in [0.2, 0.25) is 0 Å². The lowest BCUT2D eigenvalue weighted by molar-refractivity contribution is 0.0754. The zero-order chi connectivity index (χ0) is 20.9. The number of amides is 2. The molecule has 0 fully saturated rings. The molecule has 0 bridgehead atoms. The van der Waals surface area contributed by atoms with E-state index in [0.717, 1.165) is 16.9 Å². The van der Waals surface area contributed by atoms with Crippen LogP contribution in [-0.2, 0) is 4.74 Å². The minimum absolute atomic E-state index is 0.376. The Balaban J connectivity index is 1.74. The number of benzene rings is 2. The Morgan fingerprint density at radius 2 is 1.72 bits per heavy atom. The zero-order valence-corrected chi connectivity index (χ0v) is 16.7. The molecule has 0 heterocycles. The number of carbonyl (C=O) groups is 1. The highest BCUT2D eigenvalue weighted by Crippen LogP contribution is 2.28. The SMILES string of the molecule is CCOc1cc(C=NNC(N)=O)ccc1OCCOCCOc1ccccc1C. The van der Waals surface area contributed by atoms with Gasteiger partial charge in [-0.2, -0.15) is 5.10 Å². The van der Waals surface area contributed by atoms with Gasteiger partial charge >= 0.3 is 6.03 Å². The average molecular weight is 401 g/mol. The number of urea groups is 1. The topological polar surface area (TPSA) is 104 Å². The normalized spacial score (nSPS) is 10.7. The maximum Gasteiger partial charge on any atom is 0.332 e. The van der Waals surface area contributed by atoms with Gasteiger partial charge in [0.1, 0.15) is 19.0 Å². The zero-order valence-electron chi connectivity index (χ0n) is 16.7. The fraction of sp³-hybridized carbons (Fsp3) is 0.333. The largest absolute Gasteiger partial charge is 0.491 e. The third-order valence-electron chi connectivity index (χ3n) is 3.72. The molecule has 0 aliphatic rings. The number of aryl methyl sites for hydroxylation is 1. The molecule has 0 aliphatic heterocycles. The number of para-hydroxylation sites is 1. The van der Waals surface area contributed by atoms with Gasteiger partial charge in [0, 0.05) is 0 Å². The summed E-state index contributed by atoms with van der Waals surface area (Å²) in [5, 5.41) is 3.73. The molecule has 0 saturated heterocycles. The number of nitrogens with two attached hydrogens (primary N) is 1. The minimum Gasteiger partial charge on any atom is -0.491 e. The summed E-state index contributed by atoms with van der Waals surface area (Å²) in [6.07, 6.45) is 1.47. The first-order valence-electron chi connectivity index (χ1n) is 9.34. The Hall–Kier alpha value is -3.26. The van der Waals surface area contributed by atoms with Crippen LogP contribution in [0.1, 0.15) is 18.1 Å². The molecular formula is C21H27N3O5. The van der Waals surface area contributed by atoms with Crippen LogP contribution in [0.25, 0.3) is 0 Å². The lowest BCUT2D eigenvalue weighted by Gasteiger charge is -2.13. The highest BCUT2D eigenvalue weighted by Gasteiger charge is 2.06. The molecule has 8 heteroatoms. The van der Waals surface area contributed by atoms with Crippen LogP contribution in [0.15, 0.2) is 47.6 Å². The number of hydrogen-bond acceptors (Lipinski definition) is 6. The number of rotatable bonds is 12. The highest BCUT2D eigenvalue weighted by atomic mass is 16.6. The third kappa shape index (κ3) is 8.10. The van der Waals surface area contributed by atoms with E-state index in [0.29, 0.717) is 44.5 Å². The van der Waals surface area contributed by atoms with Crippen LogP contribution in [0.3, 0.4) is 0 Å². The number of hydrogen-bond donors (Lipinski definition) is 2. The smallest absolute Gasteiger partial charge is 0.332 e. The Morgan fingerprint density at radius 1 is 1.00 bits per heavy atom. The van der Waals surface area contributed by atoms with Crippen molar-refractivity contribution in [3.63, 3.8) is 0 Å². The van der Waals surface area contributed by atoms with Crippen molar-refractivity contribution in [3.8, 4) is 17.2 Å². The second kappa shape index (κ2) is 12.2. The van der Waals surface area contributed by atoms with Crippen LogP contribution in [0.2, 0.25) is 0 Å². The van der Waals surface area contributed by atoms with Gasteiger partial charge in [-0.1, -0.05) is 18.2 Å². The molecule has 0 saturated carbocycles. The van der Waals surface area contributed by atoms with Crippen LogP contribution in [0.5, 0.6) is 17.2 Å². The molecule has 2 aromatic rings. The summed E-state index contributed by atoms with van der Waals surface area (Å²) < 4.78 is 22.6. The van der Waals surface area contributed by atoms with Gasteiger partial charge < -0.3 is 24.7 Å². The van der Waals surface area contributed by atoms with Crippen LogP contribution in [0.4, 0.5) is 4.79 Å². The van der Waals surface area contributed by atoms with Crippen LogP contribution in [-0.4, -0.2) is 45.3 Å². The van der Waals surface area contributed by atoms with Crippen molar-refractivity contribution in [2.75, 3.05) is 33.0 Å². The van der Waals surface area contributed by atoms with Crippen molar-refractivity contribution in [1.82, 2.24) is 5.43 Å². The molecule has 29 heavy (non-hydrogen) atoms. The van der Waals surface area contributed by atoms with Gasteiger partial charge in [0.15, 0.2) is 11.5 Å². The first-order valence-corrected chi connectivity index (χ1v) is 9.34. The van der Waals surface area contributed by atoms with Crippen molar-refractivity contribution in [2.24, 2.45) is 10.8 Å². The van der Waals surface area contributed by atoms with Crippen molar-refractivity contribution in [2.45, 2.75) is 13.8 Å². The molecule has 2 aromatic carbocycles. The van der Waals surface area contributed by atoms with E-state index in [-0.39, 0.29) is 0 Å². The van der Waals surface area contributed by atoms with Gasteiger partial charge in [-0.3, -0.25) is 0 Å². The molecule has 0 aliphatic carbocycles. The summed E-state index contributed by atoms with van der Waals surface area (Å²) in [7, 11) is 0. The minimum atomic E-state index is -0.726. The molecule has 0 spiro atoms. The van der Waals surface area contributed by atoms with E-state index in [9.17, 15) is 4.79 Å². The van der Waals surface area contributed by atoms with Crippen molar-refractivity contribution < 1.29 is 23.7 Å². The number of ether oxygens (including phenoxy) is 4. The number of nitrogens with zero attached hydrogens (tertiary/aromatic N) is 1. The molecule has 156 valence electrons. The second-order valence-electron chi connectivity index (χ2n) is 5.95. The molecule has 0 atom stereocenters. The summed E-state index contributed by atoms with van der Waals surface area (Å²) in [6.45, 7) is 6.13. The van der Waals surface area contributed by atoms with Gasteiger partial charge in [-0.25, -0.2) is 10.2 Å². The number of primary amides is 1. The van der Waals surface area contributed by atoms with Crippen LogP contribution in [0, 0.1) is 6.92 Å². The molecule has 8 nitrogen and oxygen atoms in total.